The van der Waals surface area contributed by atoms with Crippen LogP contribution in [0.15, 0.2) is 34.1 Å². The van der Waals surface area contributed by atoms with Crippen molar-refractivity contribution in [2.24, 2.45) is 0 Å². The second-order valence-electron chi connectivity index (χ2n) is 6.20. The fourth-order valence-corrected chi connectivity index (χ4v) is 3.44. The van der Waals surface area contributed by atoms with Gasteiger partial charge in [-0.05, 0) is 44.4 Å². The Kier molecular flexibility index (Phi) is 8.25. The van der Waals surface area contributed by atoms with Crippen molar-refractivity contribution in [2.45, 2.75) is 45.1 Å². The number of benzene rings is 1. The first-order valence-corrected chi connectivity index (χ1v) is 10.2. The molecule has 0 saturated carbocycles. The maximum atomic E-state index is 12.3. The number of amides is 1. The molecule has 0 aliphatic carbocycles. The zero-order valence-electron chi connectivity index (χ0n) is 16.3. The number of thioether (sulfide) groups is 1. The lowest BCUT2D eigenvalue weighted by molar-refractivity contribution is -0.113. The number of aryl methyl sites for hydroxylation is 2. The largest absolute Gasteiger partial charge is 0.462 e. The van der Waals surface area contributed by atoms with Crippen molar-refractivity contribution >= 4 is 29.3 Å². The molecule has 2 aromatic rings. The van der Waals surface area contributed by atoms with Gasteiger partial charge in [0.05, 0.1) is 12.4 Å². The van der Waals surface area contributed by atoms with Crippen molar-refractivity contribution in [1.82, 2.24) is 9.97 Å². The minimum absolute atomic E-state index is 0.0138. The summed E-state index contributed by atoms with van der Waals surface area (Å²) < 4.78 is 5.02. The van der Waals surface area contributed by atoms with E-state index in [1.165, 1.54) is 5.56 Å². The summed E-state index contributed by atoms with van der Waals surface area (Å²) in [4.78, 5) is 42.4. The molecule has 0 unspecified atom stereocenters. The smallest absolute Gasteiger partial charge is 0.346 e. The minimum Gasteiger partial charge on any atom is -0.462 e. The SMILES string of the molecule is CCCCc1ccc(NC(=O)CSc2nc(=O)[nH]c(C)c2C(=O)OCC)cc1. The van der Waals surface area contributed by atoms with Crippen LogP contribution < -0.4 is 11.0 Å². The third-order valence-corrected chi connectivity index (χ3v) is 4.94. The van der Waals surface area contributed by atoms with E-state index < -0.39 is 11.7 Å². The van der Waals surface area contributed by atoms with Crippen LogP contribution in [0.4, 0.5) is 5.69 Å². The van der Waals surface area contributed by atoms with Gasteiger partial charge in [0.15, 0.2) is 0 Å². The summed E-state index contributed by atoms with van der Waals surface area (Å²) in [6, 6.07) is 7.73. The molecule has 0 fully saturated rings. The normalized spacial score (nSPS) is 10.5. The number of esters is 1. The summed E-state index contributed by atoms with van der Waals surface area (Å²) in [5.74, 6) is -0.810. The van der Waals surface area contributed by atoms with Crippen LogP contribution in [-0.2, 0) is 16.0 Å². The van der Waals surface area contributed by atoms with Gasteiger partial charge in [-0.25, -0.2) is 9.59 Å². The number of carbonyl (C=O) groups is 2. The quantitative estimate of drug-likeness (QED) is 0.378. The van der Waals surface area contributed by atoms with E-state index in [4.69, 9.17) is 4.74 Å². The van der Waals surface area contributed by atoms with Gasteiger partial charge >= 0.3 is 11.7 Å². The second-order valence-corrected chi connectivity index (χ2v) is 7.17. The van der Waals surface area contributed by atoms with Gasteiger partial charge in [-0.15, -0.1) is 0 Å². The molecule has 1 heterocycles. The van der Waals surface area contributed by atoms with Crippen molar-refractivity contribution in [1.29, 1.82) is 0 Å². The van der Waals surface area contributed by atoms with Crippen LogP contribution in [0.5, 0.6) is 0 Å². The van der Waals surface area contributed by atoms with Crippen molar-refractivity contribution < 1.29 is 14.3 Å². The van der Waals surface area contributed by atoms with Crippen molar-refractivity contribution in [3.63, 3.8) is 0 Å². The minimum atomic E-state index is -0.575. The molecule has 150 valence electrons. The Morgan fingerprint density at radius 2 is 1.93 bits per heavy atom. The first-order chi connectivity index (χ1) is 13.4. The van der Waals surface area contributed by atoms with Crippen LogP contribution in [0.1, 0.15) is 48.3 Å². The van der Waals surface area contributed by atoms with Crippen LogP contribution in [0.2, 0.25) is 0 Å². The fraction of sp³-hybridized carbons (Fsp3) is 0.400. The van der Waals surface area contributed by atoms with Gasteiger partial charge < -0.3 is 15.0 Å². The number of anilines is 1. The predicted octanol–water partition coefficient (Wildman–Crippen LogP) is 3.33. The van der Waals surface area contributed by atoms with Gasteiger partial charge in [0.25, 0.3) is 0 Å². The van der Waals surface area contributed by atoms with E-state index in [2.05, 4.69) is 22.2 Å². The molecule has 0 radical (unpaired) electrons. The molecule has 0 saturated heterocycles. The summed E-state index contributed by atoms with van der Waals surface area (Å²) in [7, 11) is 0. The highest BCUT2D eigenvalue weighted by Crippen LogP contribution is 2.22. The number of rotatable bonds is 9. The van der Waals surface area contributed by atoms with Gasteiger partial charge in [0.1, 0.15) is 10.6 Å². The average Bonchev–Trinajstić information content (AvgIpc) is 2.65. The van der Waals surface area contributed by atoms with E-state index in [0.29, 0.717) is 11.4 Å². The summed E-state index contributed by atoms with van der Waals surface area (Å²) in [5.41, 5.74) is 1.91. The third-order valence-electron chi connectivity index (χ3n) is 3.96. The van der Waals surface area contributed by atoms with Crippen LogP contribution in [0, 0.1) is 6.92 Å². The average molecular weight is 404 g/mol. The highest BCUT2D eigenvalue weighted by atomic mass is 32.2. The Bertz CT molecular complexity index is 878. The monoisotopic (exact) mass is 403 g/mol. The van der Waals surface area contributed by atoms with Crippen LogP contribution in [0.3, 0.4) is 0 Å². The molecule has 1 aromatic heterocycles. The molecule has 2 N–H and O–H groups in total. The second kappa shape index (κ2) is 10.7. The number of H-pyrrole nitrogens is 1. The molecular weight excluding hydrogens is 378 g/mol. The number of aromatic nitrogens is 2. The molecule has 0 aliphatic heterocycles. The first kappa shape index (κ1) is 21.7. The summed E-state index contributed by atoms with van der Waals surface area (Å²) in [5, 5.41) is 2.99. The van der Waals surface area contributed by atoms with Gasteiger partial charge in [-0.3, -0.25) is 4.79 Å². The number of hydrogen-bond donors (Lipinski definition) is 2. The molecule has 0 aliphatic rings. The van der Waals surface area contributed by atoms with E-state index >= 15 is 0 Å². The third kappa shape index (κ3) is 6.23. The van der Waals surface area contributed by atoms with Crippen LogP contribution in [0.25, 0.3) is 0 Å². The number of hydrogen-bond acceptors (Lipinski definition) is 6. The zero-order valence-corrected chi connectivity index (χ0v) is 17.1. The van der Waals surface area contributed by atoms with Gasteiger partial charge in [-0.2, -0.15) is 4.98 Å². The number of nitrogens with one attached hydrogen (secondary N) is 2. The predicted molar refractivity (Wildman–Crippen MR) is 110 cm³/mol. The lowest BCUT2D eigenvalue weighted by atomic mass is 10.1. The Labute approximate surface area is 168 Å². The molecule has 7 nitrogen and oxygen atoms in total. The van der Waals surface area contributed by atoms with Gasteiger partial charge in [0.2, 0.25) is 5.91 Å². The van der Waals surface area contributed by atoms with E-state index in [1.807, 2.05) is 24.3 Å². The number of nitrogens with zero attached hydrogens (tertiary/aromatic N) is 1. The van der Waals surface area contributed by atoms with Crippen LogP contribution in [-0.4, -0.2) is 34.2 Å². The lowest BCUT2D eigenvalue weighted by Gasteiger charge is -2.10. The van der Waals surface area contributed by atoms with Gasteiger partial charge in [-0.1, -0.05) is 37.2 Å². The molecule has 8 heteroatoms. The van der Waals surface area contributed by atoms with Crippen molar-refractivity contribution in [2.75, 3.05) is 17.7 Å². The molecule has 0 spiro atoms. The number of unbranched alkanes of at least 4 members (excludes halogenated alkanes) is 1. The maximum absolute atomic E-state index is 12.3. The highest BCUT2D eigenvalue weighted by molar-refractivity contribution is 8.00. The van der Waals surface area contributed by atoms with E-state index in [1.54, 1.807) is 13.8 Å². The Hall–Kier alpha value is -2.61. The molecule has 1 aromatic carbocycles. The van der Waals surface area contributed by atoms with E-state index in [-0.39, 0.29) is 28.9 Å². The summed E-state index contributed by atoms with van der Waals surface area (Å²) in [6.45, 7) is 5.65. The first-order valence-electron chi connectivity index (χ1n) is 9.24. The Balaban J connectivity index is 2.02. The molecule has 0 bridgehead atoms. The molecular formula is C20H25N3O4S. The molecule has 28 heavy (non-hydrogen) atoms. The Morgan fingerprint density at radius 3 is 2.57 bits per heavy atom. The summed E-state index contributed by atoms with van der Waals surface area (Å²) in [6.07, 6.45) is 3.29. The highest BCUT2D eigenvalue weighted by Gasteiger charge is 2.20. The maximum Gasteiger partial charge on any atom is 0.346 e. The molecule has 0 atom stereocenters. The fourth-order valence-electron chi connectivity index (χ4n) is 2.57. The van der Waals surface area contributed by atoms with Crippen molar-refractivity contribution in [3.05, 3.63) is 51.6 Å². The van der Waals surface area contributed by atoms with E-state index in [9.17, 15) is 14.4 Å². The molecule has 2 rings (SSSR count). The zero-order chi connectivity index (χ0) is 20.5. The number of ether oxygens (including phenoxy) is 1. The lowest BCUT2D eigenvalue weighted by Crippen LogP contribution is -2.21. The standard InChI is InChI=1S/C20H25N3O4S/c1-4-6-7-14-8-10-15(11-9-14)22-16(24)12-28-18-17(19(25)27-5-2)13(3)21-20(26)23-18/h8-11H,4-7,12H2,1-3H3,(H,22,24)(H,21,23,26). The number of carbonyl (C=O) groups excluding carboxylic acids is 2. The molecule has 1 amide bonds. The van der Waals surface area contributed by atoms with Gasteiger partial charge in [0, 0.05) is 11.4 Å². The summed E-state index contributed by atoms with van der Waals surface area (Å²) >= 11 is 1.03. The number of aromatic amines is 1. The topological polar surface area (TPSA) is 101 Å². The van der Waals surface area contributed by atoms with E-state index in [0.717, 1.165) is 31.0 Å². The Morgan fingerprint density at radius 1 is 1.21 bits per heavy atom. The van der Waals surface area contributed by atoms with Crippen LogP contribution >= 0.6 is 11.8 Å². The van der Waals surface area contributed by atoms with Crippen molar-refractivity contribution in [3.8, 4) is 0 Å².